The highest BCUT2D eigenvalue weighted by Crippen LogP contribution is 2.29. The number of aromatic nitrogens is 2. The molecule has 0 saturated carbocycles. The van der Waals surface area contributed by atoms with Crippen LogP contribution in [0.5, 0.6) is 0 Å². The van der Waals surface area contributed by atoms with Gasteiger partial charge in [0.05, 0.1) is 5.01 Å². The lowest BCUT2D eigenvalue weighted by Gasteiger charge is -2.32. The summed E-state index contributed by atoms with van der Waals surface area (Å²) >= 11 is 1.69. The minimum absolute atomic E-state index is 0.124. The molecule has 134 valence electrons. The molecule has 3 aromatic rings. The molecule has 1 saturated heterocycles. The van der Waals surface area contributed by atoms with Crippen molar-refractivity contribution in [2.75, 3.05) is 13.1 Å². The summed E-state index contributed by atoms with van der Waals surface area (Å²) in [5.74, 6) is 0.496. The van der Waals surface area contributed by atoms with E-state index in [1.54, 1.807) is 11.3 Å². The largest absolute Gasteiger partial charge is 0.338 e. The summed E-state index contributed by atoms with van der Waals surface area (Å²) in [6.07, 6.45) is 4.00. The van der Waals surface area contributed by atoms with Gasteiger partial charge in [-0.05, 0) is 63.1 Å². The average Bonchev–Trinajstić information content (AvgIpc) is 3.32. The summed E-state index contributed by atoms with van der Waals surface area (Å²) in [5.41, 5.74) is 4.25. The highest BCUT2D eigenvalue weighted by molar-refractivity contribution is 7.09. The second-order valence-corrected chi connectivity index (χ2v) is 7.89. The van der Waals surface area contributed by atoms with Gasteiger partial charge < -0.3 is 9.47 Å². The minimum Gasteiger partial charge on any atom is -0.338 e. The number of rotatable bonds is 3. The topological polar surface area (TPSA) is 38.1 Å². The average molecular weight is 366 g/mol. The molecule has 1 unspecified atom stereocenters. The van der Waals surface area contributed by atoms with E-state index >= 15 is 0 Å². The first-order chi connectivity index (χ1) is 12.6. The molecule has 5 heteroatoms. The zero-order valence-corrected chi connectivity index (χ0v) is 16.0. The lowest BCUT2D eigenvalue weighted by Crippen LogP contribution is -2.39. The fourth-order valence-corrected chi connectivity index (χ4v) is 4.58. The van der Waals surface area contributed by atoms with E-state index in [2.05, 4.69) is 35.5 Å². The van der Waals surface area contributed by atoms with Gasteiger partial charge in [-0.15, -0.1) is 11.3 Å². The molecule has 2 aromatic heterocycles. The Morgan fingerprint density at radius 1 is 1.12 bits per heavy atom. The first kappa shape index (κ1) is 17.0. The van der Waals surface area contributed by atoms with Crippen LogP contribution in [0.15, 0.2) is 48.0 Å². The van der Waals surface area contributed by atoms with Crippen molar-refractivity contribution < 1.29 is 4.79 Å². The number of amides is 1. The molecule has 4 nitrogen and oxygen atoms in total. The summed E-state index contributed by atoms with van der Waals surface area (Å²) in [7, 11) is 0. The van der Waals surface area contributed by atoms with Crippen molar-refractivity contribution >= 4 is 17.2 Å². The predicted molar refractivity (Wildman–Crippen MR) is 105 cm³/mol. The Labute approximate surface area is 158 Å². The van der Waals surface area contributed by atoms with E-state index in [-0.39, 0.29) is 5.91 Å². The fourth-order valence-electron chi connectivity index (χ4n) is 3.81. The van der Waals surface area contributed by atoms with Crippen LogP contribution in [0.25, 0.3) is 5.69 Å². The van der Waals surface area contributed by atoms with Gasteiger partial charge in [0.1, 0.15) is 0 Å². The maximum absolute atomic E-state index is 12.9. The molecule has 1 aliphatic heterocycles. The third kappa shape index (κ3) is 3.19. The van der Waals surface area contributed by atoms with Gasteiger partial charge in [0.25, 0.3) is 5.91 Å². The van der Waals surface area contributed by atoms with Crippen molar-refractivity contribution in [2.24, 2.45) is 0 Å². The minimum atomic E-state index is 0.124. The van der Waals surface area contributed by atoms with Crippen LogP contribution in [0.3, 0.4) is 0 Å². The highest BCUT2D eigenvalue weighted by Gasteiger charge is 2.26. The molecule has 0 aliphatic carbocycles. The van der Waals surface area contributed by atoms with Gasteiger partial charge in [0.15, 0.2) is 0 Å². The van der Waals surface area contributed by atoms with Crippen LogP contribution >= 0.6 is 11.3 Å². The van der Waals surface area contributed by atoms with E-state index < -0.39 is 0 Å². The normalized spacial score (nSPS) is 17.5. The SMILES string of the molecule is Cc1ccc(C)n1-c1ccc(C(=O)N2CCCC(c3nccs3)C2)cc1. The fraction of sp³-hybridized carbons (Fsp3) is 0.333. The van der Waals surface area contributed by atoms with Crippen molar-refractivity contribution in [1.82, 2.24) is 14.5 Å². The lowest BCUT2D eigenvalue weighted by atomic mass is 9.98. The number of carbonyl (C=O) groups excluding carboxylic acids is 1. The second-order valence-electron chi connectivity index (χ2n) is 6.96. The molecule has 1 aromatic carbocycles. The molecule has 1 aliphatic rings. The Balaban J connectivity index is 1.51. The molecule has 26 heavy (non-hydrogen) atoms. The number of aryl methyl sites for hydroxylation is 2. The van der Waals surface area contributed by atoms with Gasteiger partial charge in [0, 0.05) is 53.2 Å². The summed E-state index contributed by atoms with van der Waals surface area (Å²) < 4.78 is 2.20. The second kappa shape index (κ2) is 7.08. The Morgan fingerprint density at radius 3 is 2.50 bits per heavy atom. The predicted octanol–water partition coefficient (Wildman–Crippen LogP) is 4.57. The van der Waals surface area contributed by atoms with Gasteiger partial charge >= 0.3 is 0 Å². The smallest absolute Gasteiger partial charge is 0.253 e. The molecule has 0 radical (unpaired) electrons. The molecule has 1 atom stereocenters. The standard InChI is InChI=1S/C21H23N3OS/c1-15-5-6-16(2)24(15)19-9-7-17(8-10-19)21(25)23-12-3-4-18(14-23)20-22-11-13-26-20/h5-11,13,18H,3-4,12,14H2,1-2H3. The van der Waals surface area contributed by atoms with E-state index in [0.717, 1.165) is 42.2 Å². The van der Waals surface area contributed by atoms with Gasteiger partial charge in [-0.3, -0.25) is 4.79 Å². The van der Waals surface area contributed by atoms with Gasteiger partial charge in [-0.25, -0.2) is 4.98 Å². The zero-order valence-electron chi connectivity index (χ0n) is 15.2. The molecule has 3 heterocycles. The monoisotopic (exact) mass is 365 g/mol. The maximum atomic E-state index is 12.9. The summed E-state index contributed by atoms with van der Waals surface area (Å²) in [6, 6.07) is 12.2. The number of piperidine rings is 1. The van der Waals surface area contributed by atoms with Gasteiger partial charge in [0.2, 0.25) is 0 Å². The van der Waals surface area contributed by atoms with Crippen LogP contribution < -0.4 is 0 Å². The Bertz CT molecular complexity index is 876. The lowest BCUT2D eigenvalue weighted by molar-refractivity contribution is 0.0707. The zero-order chi connectivity index (χ0) is 18.1. The van der Waals surface area contributed by atoms with Crippen molar-refractivity contribution in [3.05, 3.63) is 69.9 Å². The maximum Gasteiger partial charge on any atom is 0.253 e. The number of nitrogens with zero attached hydrogens (tertiary/aromatic N) is 3. The first-order valence-electron chi connectivity index (χ1n) is 9.07. The van der Waals surface area contributed by atoms with Crippen LogP contribution in [0, 0.1) is 13.8 Å². The molecular weight excluding hydrogens is 342 g/mol. The number of thiazole rings is 1. The van der Waals surface area contributed by atoms with Crippen LogP contribution in [0.4, 0.5) is 0 Å². The van der Waals surface area contributed by atoms with E-state index in [1.807, 2.05) is 40.7 Å². The molecule has 0 spiro atoms. The van der Waals surface area contributed by atoms with Crippen LogP contribution in [0.1, 0.15) is 45.5 Å². The van der Waals surface area contributed by atoms with Crippen LogP contribution in [-0.2, 0) is 0 Å². The summed E-state index contributed by atoms with van der Waals surface area (Å²) in [4.78, 5) is 19.4. The Morgan fingerprint density at radius 2 is 1.85 bits per heavy atom. The number of hydrogen-bond acceptors (Lipinski definition) is 3. The summed E-state index contributed by atoms with van der Waals surface area (Å²) in [6.45, 7) is 5.79. The van der Waals surface area contributed by atoms with Crippen LogP contribution in [-0.4, -0.2) is 33.4 Å². The van der Waals surface area contributed by atoms with Crippen molar-refractivity contribution in [3.63, 3.8) is 0 Å². The van der Waals surface area contributed by atoms with Gasteiger partial charge in [-0.1, -0.05) is 0 Å². The quantitative estimate of drug-likeness (QED) is 0.682. The van der Waals surface area contributed by atoms with Gasteiger partial charge in [-0.2, -0.15) is 0 Å². The molecule has 0 bridgehead atoms. The molecule has 1 fully saturated rings. The highest BCUT2D eigenvalue weighted by atomic mass is 32.1. The van der Waals surface area contributed by atoms with Crippen molar-refractivity contribution in [1.29, 1.82) is 0 Å². The molecule has 4 rings (SSSR count). The van der Waals surface area contributed by atoms with E-state index in [4.69, 9.17) is 0 Å². The first-order valence-corrected chi connectivity index (χ1v) is 9.95. The van der Waals surface area contributed by atoms with Crippen molar-refractivity contribution in [3.8, 4) is 5.69 Å². The number of benzene rings is 1. The van der Waals surface area contributed by atoms with Crippen LogP contribution in [0.2, 0.25) is 0 Å². The number of hydrogen-bond donors (Lipinski definition) is 0. The Hall–Kier alpha value is -2.40. The number of likely N-dealkylation sites (tertiary alicyclic amines) is 1. The Kier molecular flexibility index (Phi) is 4.64. The van der Waals surface area contributed by atoms with E-state index in [0.29, 0.717) is 5.92 Å². The third-order valence-electron chi connectivity index (χ3n) is 5.15. The van der Waals surface area contributed by atoms with E-state index in [9.17, 15) is 4.79 Å². The molecular formula is C21H23N3OS. The molecule has 1 amide bonds. The van der Waals surface area contributed by atoms with Crippen molar-refractivity contribution in [2.45, 2.75) is 32.6 Å². The third-order valence-corrected chi connectivity index (χ3v) is 6.09. The van der Waals surface area contributed by atoms with E-state index in [1.165, 1.54) is 11.4 Å². The molecule has 0 N–H and O–H groups in total. The number of carbonyl (C=O) groups is 1. The summed E-state index contributed by atoms with van der Waals surface area (Å²) in [5, 5.41) is 3.16.